The number of carbonyl (C=O) groups excluding carboxylic acids is 3. The van der Waals surface area contributed by atoms with Gasteiger partial charge in [-0.2, -0.15) is 0 Å². The van der Waals surface area contributed by atoms with Gasteiger partial charge in [0, 0.05) is 0 Å². The first-order chi connectivity index (χ1) is 19.1. The number of hydrogen-bond donors (Lipinski definition) is 1. The lowest BCUT2D eigenvalue weighted by Crippen LogP contribution is -2.43. The summed E-state index contributed by atoms with van der Waals surface area (Å²) in [5.41, 5.74) is 0.662. The highest BCUT2D eigenvalue weighted by Gasteiger charge is 2.53. The van der Waals surface area contributed by atoms with Crippen LogP contribution in [0.25, 0.3) is 0 Å². The number of alkyl halides is 3. The zero-order valence-electron chi connectivity index (χ0n) is 20.6. The van der Waals surface area contributed by atoms with Crippen LogP contribution in [0.15, 0.2) is 91.0 Å². The summed E-state index contributed by atoms with van der Waals surface area (Å²) in [7, 11) is 0. The van der Waals surface area contributed by atoms with Gasteiger partial charge < -0.3 is 23.7 Å². The summed E-state index contributed by atoms with van der Waals surface area (Å²) in [5, 5.41) is 8.00. The Morgan fingerprint density at radius 3 is 1.55 bits per heavy atom. The number of hydrogen-bond acceptors (Lipinski definition) is 9. The van der Waals surface area contributed by atoms with E-state index in [9.17, 15) is 14.4 Å². The molecule has 1 heterocycles. The molecule has 1 fully saturated rings. The van der Waals surface area contributed by atoms with Crippen LogP contribution in [0.3, 0.4) is 0 Å². The van der Waals surface area contributed by atoms with Crippen molar-refractivity contribution in [2.45, 2.75) is 28.4 Å². The van der Waals surface area contributed by atoms with E-state index in [2.05, 4.69) is 0 Å². The van der Waals surface area contributed by atoms with E-state index in [1.54, 1.807) is 66.7 Å². The lowest BCUT2D eigenvalue weighted by molar-refractivity contribution is -0.128. The SMILES string of the molecule is N=C(O[C@@H]1O[C@@H](COC(=O)c2ccccc2)[C@H](OC(=O)c2ccccc2)[C@H]1OC(=O)c1ccccc1)C(Cl)(Cl)Cl. The van der Waals surface area contributed by atoms with Crippen molar-refractivity contribution in [1.29, 1.82) is 5.41 Å². The molecule has 3 aromatic rings. The Hall–Kier alpha value is -3.63. The van der Waals surface area contributed by atoms with Gasteiger partial charge in [0.15, 0.2) is 6.10 Å². The van der Waals surface area contributed by atoms with E-state index >= 15 is 0 Å². The summed E-state index contributed by atoms with van der Waals surface area (Å²) in [5.74, 6) is -3.08. The number of halogens is 3. The van der Waals surface area contributed by atoms with Gasteiger partial charge in [-0.3, -0.25) is 5.41 Å². The number of nitrogens with one attached hydrogen (secondary N) is 1. The lowest BCUT2D eigenvalue weighted by Gasteiger charge is -2.25. The number of carbonyl (C=O) groups is 3. The highest BCUT2D eigenvalue weighted by molar-refractivity contribution is 6.76. The summed E-state index contributed by atoms with van der Waals surface area (Å²) in [6, 6.07) is 24.3. The molecule has 0 saturated carbocycles. The van der Waals surface area contributed by atoms with Crippen LogP contribution in [0.1, 0.15) is 31.1 Å². The molecule has 0 amide bonds. The zero-order valence-corrected chi connectivity index (χ0v) is 22.8. The van der Waals surface area contributed by atoms with Crippen molar-refractivity contribution in [3.05, 3.63) is 108 Å². The predicted molar refractivity (Wildman–Crippen MR) is 146 cm³/mol. The van der Waals surface area contributed by atoms with E-state index in [0.29, 0.717) is 0 Å². The Labute approximate surface area is 244 Å². The third kappa shape index (κ3) is 7.51. The van der Waals surface area contributed by atoms with Crippen molar-refractivity contribution < 1.29 is 38.1 Å². The first-order valence-corrected chi connectivity index (χ1v) is 13.0. The molecule has 12 heteroatoms. The van der Waals surface area contributed by atoms with Gasteiger partial charge in [0.1, 0.15) is 12.7 Å². The number of ether oxygens (including phenoxy) is 5. The Kier molecular flexibility index (Phi) is 9.65. The topological polar surface area (TPSA) is 121 Å². The molecule has 0 aromatic heterocycles. The number of benzene rings is 3. The molecule has 3 aromatic carbocycles. The largest absolute Gasteiger partial charge is 0.459 e. The average molecular weight is 607 g/mol. The first-order valence-electron chi connectivity index (χ1n) is 11.9. The monoisotopic (exact) mass is 605 g/mol. The van der Waals surface area contributed by atoms with Gasteiger partial charge >= 0.3 is 17.9 Å². The van der Waals surface area contributed by atoms with E-state index in [-0.39, 0.29) is 16.7 Å². The fourth-order valence-corrected chi connectivity index (χ4v) is 3.85. The molecule has 1 aliphatic heterocycles. The average Bonchev–Trinajstić information content (AvgIpc) is 3.27. The van der Waals surface area contributed by atoms with Gasteiger partial charge in [-0.15, -0.1) is 0 Å². The molecule has 0 spiro atoms. The van der Waals surface area contributed by atoms with E-state index in [1.165, 1.54) is 24.3 Å². The highest BCUT2D eigenvalue weighted by Crippen LogP contribution is 2.34. The fourth-order valence-electron chi connectivity index (χ4n) is 3.72. The first kappa shape index (κ1) is 29.4. The summed E-state index contributed by atoms with van der Waals surface area (Å²) in [6.45, 7) is -0.430. The van der Waals surface area contributed by atoms with Crippen LogP contribution in [0.5, 0.6) is 0 Å². The Bertz CT molecular complexity index is 1340. The molecule has 0 radical (unpaired) electrons. The second-order valence-electron chi connectivity index (χ2n) is 8.42. The van der Waals surface area contributed by atoms with Gasteiger partial charge in [-0.1, -0.05) is 89.4 Å². The molecular weight excluding hydrogens is 585 g/mol. The fraction of sp³-hybridized carbons (Fsp3) is 0.214. The van der Waals surface area contributed by atoms with Crippen molar-refractivity contribution >= 4 is 58.6 Å². The third-order valence-corrected chi connectivity index (χ3v) is 6.17. The van der Waals surface area contributed by atoms with Crippen molar-refractivity contribution in [2.75, 3.05) is 6.61 Å². The quantitative estimate of drug-likeness (QED) is 0.119. The van der Waals surface area contributed by atoms with Gasteiger partial charge in [-0.25, -0.2) is 14.4 Å². The molecule has 40 heavy (non-hydrogen) atoms. The van der Waals surface area contributed by atoms with Gasteiger partial charge in [0.25, 0.3) is 3.79 Å². The molecule has 9 nitrogen and oxygen atoms in total. The van der Waals surface area contributed by atoms with Crippen LogP contribution in [-0.2, 0) is 23.7 Å². The highest BCUT2D eigenvalue weighted by atomic mass is 35.6. The predicted octanol–water partition coefficient (Wildman–Crippen LogP) is 5.38. The molecule has 0 unspecified atom stereocenters. The standard InChI is InChI=1S/C28H22Cl3NO8/c29-28(30,31)27(32)40-26-22(39-25(35)19-14-8-3-9-15-19)21(38-24(34)18-12-6-2-7-13-18)20(37-26)16-36-23(33)17-10-4-1-5-11-17/h1-15,20-22,26,32H,16H2/t20-,21-,22+,26-/m0/s1. The van der Waals surface area contributed by atoms with E-state index in [4.69, 9.17) is 63.9 Å². The van der Waals surface area contributed by atoms with Crippen molar-refractivity contribution in [3.8, 4) is 0 Å². The van der Waals surface area contributed by atoms with E-state index in [1.807, 2.05) is 0 Å². The van der Waals surface area contributed by atoms with Crippen molar-refractivity contribution in [2.24, 2.45) is 0 Å². The number of rotatable bonds is 8. The zero-order chi connectivity index (χ0) is 28.7. The van der Waals surface area contributed by atoms with Crippen LogP contribution in [0, 0.1) is 5.41 Å². The second-order valence-corrected chi connectivity index (χ2v) is 10.7. The second kappa shape index (κ2) is 13.1. The van der Waals surface area contributed by atoms with Crippen LogP contribution in [0.2, 0.25) is 0 Å². The lowest BCUT2D eigenvalue weighted by atomic mass is 10.1. The minimum atomic E-state index is -2.27. The summed E-state index contributed by atoms with van der Waals surface area (Å²) in [6.07, 6.45) is -5.56. The van der Waals surface area contributed by atoms with Gasteiger partial charge in [-0.05, 0) is 36.4 Å². The summed E-state index contributed by atoms with van der Waals surface area (Å²) in [4.78, 5) is 38.6. The van der Waals surface area contributed by atoms with Crippen LogP contribution >= 0.6 is 34.8 Å². The molecule has 1 saturated heterocycles. The van der Waals surface area contributed by atoms with Crippen LogP contribution in [0.4, 0.5) is 0 Å². The maximum Gasteiger partial charge on any atom is 0.338 e. The number of esters is 3. The van der Waals surface area contributed by atoms with Crippen LogP contribution < -0.4 is 0 Å². The minimum absolute atomic E-state index is 0.185. The maximum atomic E-state index is 13.0. The maximum absolute atomic E-state index is 13.0. The Balaban J connectivity index is 1.63. The summed E-state index contributed by atoms with van der Waals surface area (Å²) >= 11 is 17.3. The normalized spacial score (nSPS) is 20.3. The van der Waals surface area contributed by atoms with Crippen LogP contribution in [-0.4, -0.2) is 58.8 Å². The smallest absolute Gasteiger partial charge is 0.338 e. The Morgan fingerprint density at radius 2 is 1.10 bits per heavy atom. The van der Waals surface area contributed by atoms with E-state index < -0.39 is 58.8 Å². The molecule has 4 rings (SSSR count). The molecular formula is C28H22Cl3NO8. The van der Waals surface area contributed by atoms with E-state index in [0.717, 1.165) is 0 Å². The summed E-state index contributed by atoms with van der Waals surface area (Å²) < 4.78 is 25.8. The third-order valence-electron chi connectivity index (χ3n) is 5.65. The molecule has 4 atom stereocenters. The van der Waals surface area contributed by atoms with Crippen molar-refractivity contribution in [3.63, 3.8) is 0 Å². The Morgan fingerprint density at radius 1 is 0.675 bits per heavy atom. The van der Waals surface area contributed by atoms with Gasteiger partial charge in [0.05, 0.1) is 16.7 Å². The van der Waals surface area contributed by atoms with Crippen molar-refractivity contribution in [1.82, 2.24) is 0 Å². The molecule has 0 bridgehead atoms. The molecule has 1 aliphatic rings. The molecule has 208 valence electrons. The minimum Gasteiger partial charge on any atom is -0.459 e. The molecule has 0 aliphatic carbocycles. The molecule has 1 N–H and O–H groups in total. The van der Waals surface area contributed by atoms with Gasteiger partial charge in [0.2, 0.25) is 18.3 Å².